The summed E-state index contributed by atoms with van der Waals surface area (Å²) in [6.45, 7) is 3.65. The van der Waals surface area contributed by atoms with E-state index in [2.05, 4.69) is 12.2 Å². The van der Waals surface area contributed by atoms with Gasteiger partial charge in [0.1, 0.15) is 0 Å². The first-order valence-corrected chi connectivity index (χ1v) is 8.63. The first-order chi connectivity index (χ1) is 8.90. The second-order valence-corrected chi connectivity index (χ2v) is 6.66. The molecular weight excluding hydrogens is 218 g/mol. The predicted octanol–water partition coefficient (Wildman–Crippen LogP) is 4.91. The summed E-state index contributed by atoms with van der Waals surface area (Å²) in [4.78, 5) is 0. The summed E-state index contributed by atoms with van der Waals surface area (Å²) < 4.78 is 0. The number of rotatable bonds is 6. The van der Waals surface area contributed by atoms with Crippen LogP contribution >= 0.6 is 0 Å². The molecule has 0 aromatic carbocycles. The van der Waals surface area contributed by atoms with Gasteiger partial charge in [-0.05, 0) is 44.1 Å². The van der Waals surface area contributed by atoms with Gasteiger partial charge < -0.3 is 5.32 Å². The van der Waals surface area contributed by atoms with Crippen LogP contribution in [-0.4, -0.2) is 12.6 Å². The van der Waals surface area contributed by atoms with Gasteiger partial charge in [0.05, 0.1) is 0 Å². The van der Waals surface area contributed by atoms with Gasteiger partial charge in [-0.25, -0.2) is 0 Å². The molecular formula is C17H33N. The zero-order valence-corrected chi connectivity index (χ0v) is 12.4. The average molecular weight is 251 g/mol. The largest absolute Gasteiger partial charge is 0.314 e. The van der Waals surface area contributed by atoms with Crippen molar-refractivity contribution in [2.75, 3.05) is 6.54 Å². The van der Waals surface area contributed by atoms with Crippen molar-refractivity contribution in [2.24, 2.45) is 11.8 Å². The number of hydrogen-bond donors (Lipinski definition) is 1. The van der Waals surface area contributed by atoms with E-state index in [-0.39, 0.29) is 0 Å². The molecule has 0 aromatic heterocycles. The summed E-state index contributed by atoms with van der Waals surface area (Å²) in [5.74, 6) is 2.02. The third-order valence-corrected chi connectivity index (χ3v) is 5.34. The second-order valence-electron chi connectivity index (χ2n) is 6.66. The molecule has 0 heterocycles. The summed E-state index contributed by atoms with van der Waals surface area (Å²) in [7, 11) is 0. The van der Waals surface area contributed by atoms with Crippen molar-refractivity contribution in [3.63, 3.8) is 0 Å². The van der Waals surface area contributed by atoms with E-state index < -0.39 is 0 Å². The van der Waals surface area contributed by atoms with Crippen LogP contribution in [0.3, 0.4) is 0 Å². The third kappa shape index (κ3) is 4.57. The van der Waals surface area contributed by atoms with Crippen LogP contribution in [-0.2, 0) is 0 Å². The molecule has 0 saturated heterocycles. The molecule has 1 unspecified atom stereocenters. The maximum absolute atomic E-state index is 3.89. The predicted molar refractivity (Wildman–Crippen MR) is 79.8 cm³/mol. The lowest BCUT2D eigenvalue weighted by Crippen LogP contribution is -2.37. The molecule has 106 valence electrons. The molecule has 0 aromatic rings. The Hall–Kier alpha value is -0.0400. The zero-order valence-electron chi connectivity index (χ0n) is 12.4. The minimum absolute atomic E-state index is 0.814. The van der Waals surface area contributed by atoms with E-state index in [0.29, 0.717) is 0 Å². The maximum atomic E-state index is 3.89. The fourth-order valence-corrected chi connectivity index (χ4v) is 4.13. The Kier molecular flexibility index (Phi) is 6.54. The van der Waals surface area contributed by atoms with Gasteiger partial charge in [-0.1, -0.05) is 58.3 Å². The van der Waals surface area contributed by atoms with Gasteiger partial charge in [0, 0.05) is 6.04 Å². The molecule has 0 spiro atoms. The van der Waals surface area contributed by atoms with E-state index in [9.17, 15) is 0 Å². The monoisotopic (exact) mass is 251 g/mol. The van der Waals surface area contributed by atoms with Crippen LogP contribution in [0.2, 0.25) is 0 Å². The highest BCUT2D eigenvalue weighted by atomic mass is 14.9. The summed E-state index contributed by atoms with van der Waals surface area (Å²) in [5.41, 5.74) is 0. The van der Waals surface area contributed by atoms with Gasteiger partial charge in [0.2, 0.25) is 0 Å². The SMILES string of the molecule is CCC(NCCC1CCCCC1)C1CCCCC1. The first kappa shape index (κ1) is 14.4. The molecule has 0 amide bonds. The quantitative estimate of drug-likeness (QED) is 0.707. The molecule has 2 fully saturated rings. The molecule has 2 aliphatic rings. The lowest BCUT2D eigenvalue weighted by Gasteiger charge is -2.31. The van der Waals surface area contributed by atoms with E-state index in [1.165, 1.54) is 83.6 Å². The van der Waals surface area contributed by atoms with Crippen molar-refractivity contribution in [2.45, 2.75) is 90.0 Å². The zero-order chi connectivity index (χ0) is 12.6. The van der Waals surface area contributed by atoms with Crippen LogP contribution in [0, 0.1) is 11.8 Å². The average Bonchev–Trinajstić information content (AvgIpc) is 2.46. The van der Waals surface area contributed by atoms with Gasteiger partial charge in [0.15, 0.2) is 0 Å². The molecule has 0 radical (unpaired) electrons. The van der Waals surface area contributed by atoms with Crippen LogP contribution in [0.5, 0.6) is 0 Å². The van der Waals surface area contributed by atoms with Gasteiger partial charge in [0.25, 0.3) is 0 Å². The van der Waals surface area contributed by atoms with Gasteiger partial charge in [-0.2, -0.15) is 0 Å². The number of nitrogens with one attached hydrogen (secondary N) is 1. The molecule has 18 heavy (non-hydrogen) atoms. The van der Waals surface area contributed by atoms with Crippen LogP contribution in [0.4, 0.5) is 0 Å². The molecule has 1 heteroatoms. The fourth-order valence-electron chi connectivity index (χ4n) is 4.13. The van der Waals surface area contributed by atoms with Crippen LogP contribution in [0.15, 0.2) is 0 Å². The molecule has 0 bridgehead atoms. The molecule has 0 aliphatic heterocycles. The summed E-state index contributed by atoms with van der Waals surface area (Å²) in [6, 6.07) is 0.814. The smallest absolute Gasteiger partial charge is 0.00927 e. The van der Waals surface area contributed by atoms with Gasteiger partial charge in [-0.15, -0.1) is 0 Å². The Morgan fingerprint density at radius 3 is 2.11 bits per heavy atom. The summed E-state index contributed by atoms with van der Waals surface area (Å²) >= 11 is 0. The second kappa shape index (κ2) is 8.19. The van der Waals surface area contributed by atoms with Gasteiger partial charge >= 0.3 is 0 Å². The molecule has 2 rings (SSSR count). The maximum Gasteiger partial charge on any atom is 0.00927 e. The van der Waals surface area contributed by atoms with E-state index in [4.69, 9.17) is 0 Å². The highest BCUT2D eigenvalue weighted by Gasteiger charge is 2.22. The van der Waals surface area contributed by atoms with Crippen LogP contribution in [0.25, 0.3) is 0 Å². The Morgan fingerprint density at radius 1 is 0.889 bits per heavy atom. The molecule has 1 nitrogen and oxygen atoms in total. The van der Waals surface area contributed by atoms with Crippen molar-refractivity contribution < 1.29 is 0 Å². The minimum atomic E-state index is 0.814. The van der Waals surface area contributed by atoms with E-state index >= 15 is 0 Å². The first-order valence-electron chi connectivity index (χ1n) is 8.63. The Bertz CT molecular complexity index is 202. The van der Waals surface area contributed by atoms with Crippen molar-refractivity contribution in [1.82, 2.24) is 5.32 Å². The fraction of sp³-hybridized carbons (Fsp3) is 1.00. The third-order valence-electron chi connectivity index (χ3n) is 5.34. The Balaban J connectivity index is 1.63. The topological polar surface area (TPSA) is 12.0 Å². The van der Waals surface area contributed by atoms with E-state index in [1.54, 1.807) is 0 Å². The summed E-state index contributed by atoms with van der Waals surface area (Å²) in [5, 5.41) is 3.89. The molecule has 1 N–H and O–H groups in total. The molecule has 2 saturated carbocycles. The highest BCUT2D eigenvalue weighted by Crippen LogP contribution is 2.28. The Morgan fingerprint density at radius 2 is 1.50 bits per heavy atom. The minimum Gasteiger partial charge on any atom is -0.314 e. The van der Waals surface area contributed by atoms with Crippen molar-refractivity contribution in [1.29, 1.82) is 0 Å². The van der Waals surface area contributed by atoms with E-state index in [0.717, 1.165) is 17.9 Å². The molecule has 1 atom stereocenters. The highest BCUT2D eigenvalue weighted by molar-refractivity contribution is 4.79. The van der Waals surface area contributed by atoms with Gasteiger partial charge in [-0.3, -0.25) is 0 Å². The van der Waals surface area contributed by atoms with Crippen LogP contribution < -0.4 is 5.32 Å². The normalized spacial score (nSPS) is 25.2. The van der Waals surface area contributed by atoms with Crippen molar-refractivity contribution in [3.8, 4) is 0 Å². The van der Waals surface area contributed by atoms with Crippen molar-refractivity contribution in [3.05, 3.63) is 0 Å². The van der Waals surface area contributed by atoms with Crippen LogP contribution in [0.1, 0.15) is 84.0 Å². The lowest BCUT2D eigenvalue weighted by atomic mass is 9.82. The standard InChI is InChI=1S/C17H33N/c1-2-17(16-11-7-4-8-12-16)18-14-13-15-9-5-3-6-10-15/h15-18H,2-14H2,1H3. The van der Waals surface area contributed by atoms with Crippen molar-refractivity contribution >= 4 is 0 Å². The summed E-state index contributed by atoms with van der Waals surface area (Å²) in [6.07, 6.45) is 17.6. The van der Waals surface area contributed by atoms with E-state index in [1.807, 2.05) is 0 Å². The lowest BCUT2D eigenvalue weighted by molar-refractivity contribution is 0.252. The molecule has 2 aliphatic carbocycles. The Labute approximate surface area is 114 Å². The number of hydrogen-bond acceptors (Lipinski definition) is 1.